The summed E-state index contributed by atoms with van der Waals surface area (Å²) in [6.45, 7) is 7.22. The van der Waals surface area contributed by atoms with Gasteiger partial charge in [-0.2, -0.15) is 0 Å². The van der Waals surface area contributed by atoms with Crippen LogP contribution < -0.4 is 10.1 Å². The molecule has 1 amide bonds. The third kappa shape index (κ3) is 4.27. The van der Waals surface area contributed by atoms with E-state index in [1.165, 1.54) is 0 Å². The van der Waals surface area contributed by atoms with E-state index in [2.05, 4.69) is 19.2 Å². The first kappa shape index (κ1) is 13.8. The molecule has 0 heterocycles. The predicted molar refractivity (Wildman–Crippen MR) is 69.9 cm³/mol. The van der Waals surface area contributed by atoms with Crippen LogP contribution in [0, 0.1) is 0 Å². The van der Waals surface area contributed by atoms with Crippen molar-refractivity contribution in [3.05, 3.63) is 29.8 Å². The van der Waals surface area contributed by atoms with Crippen LogP contribution in [-0.4, -0.2) is 18.5 Å². The molecule has 0 saturated heterocycles. The highest BCUT2D eigenvalue weighted by Crippen LogP contribution is 2.24. The number of halogens is 1. The van der Waals surface area contributed by atoms with Crippen LogP contribution in [0.3, 0.4) is 0 Å². The van der Waals surface area contributed by atoms with E-state index >= 15 is 0 Å². The molecule has 0 aliphatic heterocycles. The lowest BCUT2D eigenvalue weighted by Gasteiger charge is -2.25. The highest BCUT2D eigenvalue weighted by Gasteiger charge is 2.20. The fourth-order valence-electron chi connectivity index (χ4n) is 1.56. The van der Waals surface area contributed by atoms with E-state index in [4.69, 9.17) is 16.3 Å². The van der Waals surface area contributed by atoms with Crippen molar-refractivity contribution in [3.63, 3.8) is 0 Å². The van der Waals surface area contributed by atoms with Gasteiger partial charge in [0.1, 0.15) is 5.75 Å². The summed E-state index contributed by atoms with van der Waals surface area (Å²) >= 11 is 5.27. The number of hydrogen-bond donors (Lipinski definition) is 1. The van der Waals surface area contributed by atoms with Crippen LogP contribution in [0.15, 0.2) is 24.3 Å². The van der Waals surface area contributed by atoms with Crippen molar-refractivity contribution in [2.24, 2.45) is 0 Å². The van der Waals surface area contributed by atoms with E-state index in [0.29, 0.717) is 13.2 Å². The van der Waals surface area contributed by atoms with Crippen molar-refractivity contribution < 1.29 is 9.53 Å². The Labute approximate surface area is 107 Å². The van der Waals surface area contributed by atoms with Gasteiger partial charge in [-0.25, -0.2) is 0 Å². The lowest BCUT2D eigenvalue weighted by molar-refractivity contribution is 0.257. The maximum absolute atomic E-state index is 10.7. The molecule has 1 aromatic carbocycles. The second-order valence-corrected chi connectivity index (χ2v) is 4.81. The minimum absolute atomic E-state index is 0.157. The number of rotatable bonds is 5. The van der Waals surface area contributed by atoms with Crippen molar-refractivity contribution in [1.29, 1.82) is 0 Å². The summed E-state index contributed by atoms with van der Waals surface area (Å²) in [6.07, 6.45) is 0. The van der Waals surface area contributed by atoms with Crippen molar-refractivity contribution in [2.45, 2.75) is 26.2 Å². The Hall–Kier alpha value is -1.22. The van der Waals surface area contributed by atoms with Gasteiger partial charge in [0.25, 0.3) is 0 Å². The first-order chi connectivity index (χ1) is 7.95. The zero-order valence-corrected chi connectivity index (χ0v) is 11.2. The van der Waals surface area contributed by atoms with Gasteiger partial charge in [-0.3, -0.25) is 4.79 Å². The highest BCUT2D eigenvalue weighted by molar-refractivity contribution is 6.62. The van der Waals surface area contributed by atoms with E-state index < -0.39 is 5.37 Å². The van der Waals surface area contributed by atoms with Crippen molar-refractivity contribution >= 4 is 17.0 Å². The standard InChI is InChI=1S/C13H18ClNO2/c1-4-17-11-7-5-10(6-8-11)13(2,3)9-15-12(14)16/h5-8H,4,9H2,1-3H3,(H,15,16). The molecule has 0 radical (unpaired) electrons. The van der Waals surface area contributed by atoms with E-state index in [1.807, 2.05) is 31.2 Å². The summed E-state index contributed by atoms with van der Waals surface area (Å²) in [5.41, 5.74) is 0.973. The van der Waals surface area contributed by atoms with Gasteiger partial charge in [0.2, 0.25) is 0 Å². The Morgan fingerprint density at radius 3 is 2.41 bits per heavy atom. The Kier molecular flexibility index (Phi) is 4.82. The molecule has 0 spiro atoms. The molecule has 3 nitrogen and oxygen atoms in total. The molecule has 4 heteroatoms. The highest BCUT2D eigenvalue weighted by atomic mass is 35.5. The Morgan fingerprint density at radius 2 is 1.94 bits per heavy atom. The number of ether oxygens (including phenoxy) is 1. The van der Waals surface area contributed by atoms with Crippen LogP contribution in [-0.2, 0) is 5.41 Å². The third-order valence-electron chi connectivity index (χ3n) is 2.62. The smallest absolute Gasteiger partial charge is 0.313 e. The normalized spacial score (nSPS) is 11.1. The van der Waals surface area contributed by atoms with Crippen LogP contribution in [0.4, 0.5) is 4.79 Å². The molecule has 0 unspecified atom stereocenters. The summed E-state index contributed by atoms with van der Waals surface area (Å²) in [7, 11) is 0. The average Bonchev–Trinajstić information content (AvgIpc) is 2.28. The van der Waals surface area contributed by atoms with Crippen molar-refractivity contribution in [1.82, 2.24) is 5.32 Å². The van der Waals surface area contributed by atoms with Gasteiger partial charge in [-0.15, -0.1) is 0 Å². The molecule has 0 aliphatic rings. The van der Waals surface area contributed by atoms with Crippen molar-refractivity contribution in [2.75, 3.05) is 13.2 Å². The third-order valence-corrected chi connectivity index (χ3v) is 2.75. The summed E-state index contributed by atoms with van der Waals surface area (Å²) < 4.78 is 5.38. The SMILES string of the molecule is CCOc1ccc(C(C)(C)CNC(=O)Cl)cc1. The Bertz CT molecular complexity index is 374. The van der Waals surface area contributed by atoms with E-state index in [-0.39, 0.29) is 5.41 Å². The quantitative estimate of drug-likeness (QED) is 0.648. The second kappa shape index (κ2) is 5.92. The van der Waals surface area contributed by atoms with Gasteiger partial charge in [-0.1, -0.05) is 26.0 Å². The molecule has 0 atom stereocenters. The molecule has 17 heavy (non-hydrogen) atoms. The molecule has 1 N–H and O–H groups in total. The van der Waals surface area contributed by atoms with Gasteiger partial charge in [0.15, 0.2) is 0 Å². The number of carbonyl (C=O) groups excluding carboxylic acids is 1. The molecular weight excluding hydrogens is 238 g/mol. The van der Waals surface area contributed by atoms with E-state index in [9.17, 15) is 4.79 Å². The number of carbonyl (C=O) groups is 1. The molecule has 0 fully saturated rings. The molecule has 1 rings (SSSR count). The lowest BCUT2D eigenvalue weighted by atomic mass is 9.84. The van der Waals surface area contributed by atoms with Gasteiger partial charge >= 0.3 is 5.37 Å². The molecule has 1 aromatic rings. The molecule has 0 bridgehead atoms. The first-order valence-electron chi connectivity index (χ1n) is 5.62. The minimum Gasteiger partial charge on any atom is -0.494 e. The zero-order chi connectivity index (χ0) is 12.9. The van der Waals surface area contributed by atoms with Crippen LogP contribution in [0.2, 0.25) is 0 Å². The maximum Gasteiger partial charge on any atom is 0.313 e. The molecule has 94 valence electrons. The minimum atomic E-state index is -0.524. The zero-order valence-electron chi connectivity index (χ0n) is 10.4. The predicted octanol–water partition coefficient (Wildman–Crippen LogP) is 3.31. The maximum atomic E-state index is 10.7. The van der Waals surface area contributed by atoms with Gasteiger partial charge in [0.05, 0.1) is 6.61 Å². The monoisotopic (exact) mass is 255 g/mol. The number of hydrogen-bond acceptors (Lipinski definition) is 2. The second-order valence-electron chi connectivity index (χ2n) is 4.47. The topological polar surface area (TPSA) is 38.3 Å². The Balaban J connectivity index is 2.73. The summed E-state index contributed by atoms with van der Waals surface area (Å²) in [4.78, 5) is 10.7. The molecule has 0 aromatic heterocycles. The van der Waals surface area contributed by atoms with E-state index in [0.717, 1.165) is 11.3 Å². The molecular formula is C13H18ClNO2. The number of nitrogens with one attached hydrogen (secondary N) is 1. The van der Waals surface area contributed by atoms with Crippen LogP contribution in [0.5, 0.6) is 5.75 Å². The van der Waals surface area contributed by atoms with Crippen LogP contribution in [0.1, 0.15) is 26.3 Å². The number of amides is 1. The fraction of sp³-hybridized carbons (Fsp3) is 0.462. The van der Waals surface area contributed by atoms with Crippen LogP contribution >= 0.6 is 11.6 Å². The van der Waals surface area contributed by atoms with Gasteiger partial charge in [-0.05, 0) is 36.2 Å². The summed E-state index contributed by atoms with van der Waals surface area (Å²) in [5, 5.41) is 2.10. The van der Waals surface area contributed by atoms with E-state index in [1.54, 1.807) is 0 Å². The molecule has 0 saturated carbocycles. The first-order valence-corrected chi connectivity index (χ1v) is 6.00. The van der Waals surface area contributed by atoms with Crippen LogP contribution in [0.25, 0.3) is 0 Å². The van der Waals surface area contributed by atoms with Crippen molar-refractivity contribution in [3.8, 4) is 5.75 Å². The van der Waals surface area contributed by atoms with Gasteiger partial charge < -0.3 is 10.1 Å². The summed E-state index contributed by atoms with van der Waals surface area (Å²) in [6, 6.07) is 7.88. The van der Waals surface area contributed by atoms with Gasteiger partial charge in [0, 0.05) is 12.0 Å². The lowest BCUT2D eigenvalue weighted by Crippen LogP contribution is -2.34. The summed E-state index contributed by atoms with van der Waals surface area (Å²) in [5.74, 6) is 0.855. The number of benzene rings is 1. The average molecular weight is 256 g/mol. The fourth-order valence-corrected chi connectivity index (χ4v) is 1.63. The largest absolute Gasteiger partial charge is 0.494 e. The Morgan fingerprint density at radius 1 is 1.35 bits per heavy atom. The molecule has 0 aliphatic carbocycles.